The van der Waals surface area contributed by atoms with Crippen LogP contribution in [0.4, 0.5) is 11.4 Å². The molecule has 0 aliphatic carbocycles. The topological polar surface area (TPSA) is 107 Å². The maximum Gasteiger partial charge on any atom is 0.338 e. The predicted octanol–water partition coefficient (Wildman–Crippen LogP) is 3.24. The number of fused-ring (bicyclic) bond motifs is 1. The molecular weight excluding hydrogens is 376 g/mol. The van der Waals surface area contributed by atoms with Crippen molar-refractivity contribution < 1.29 is 24.0 Å². The van der Waals surface area contributed by atoms with Gasteiger partial charge < -0.3 is 9.64 Å². The molecule has 0 aromatic heterocycles. The number of ether oxygens (including phenoxy) is 1. The number of carbonyl (C=O) groups excluding carboxylic acids is 3. The fourth-order valence-corrected chi connectivity index (χ4v) is 3.39. The van der Waals surface area contributed by atoms with Crippen LogP contribution in [0.5, 0.6) is 0 Å². The highest BCUT2D eigenvalue weighted by molar-refractivity contribution is 6.02. The molecule has 8 nitrogen and oxygen atoms in total. The van der Waals surface area contributed by atoms with Gasteiger partial charge in [0, 0.05) is 36.3 Å². The van der Waals surface area contributed by atoms with Gasteiger partial charge in [-0.2, -0.15) is 0 Å². The van der Waals surface area contributed by atoms with E-state index in [0.717, 1.165) is 11.3 Å². The lowest BCUT2D eigenvalue weighted by Crippen LogP contribution is -2.26. The molecule has 2 aromatic carbocycles. The highest BCUT2D eigenvalue weighted by Crippen LogP contribution is 2.29. The Bertz CT molecular complexity index is 1030. The fourth-order valence-electron chi connectivity index (χ4n) is 3.39. The summed E-state index contributed by atoms with van der Waals surface area (Å²) in [6.45, 7) is 5.08. The Kier molecular flexibility index (Phi) is 5.45. The summed E-state index contributed by atoms with van der Waals surface area (Å²) in [5.74, 6) is -1.14. The molecule has 0 saturated heterocycles. The van der Waals surface area contributed by atoms with E-state index in [2.05, 4.69) is 0 Å². The van der Waals surface area contributed by atoms with Gasteiger partial charge in [0.05, 0.1) is 10.5 Å². The molecule has 1 amide bonds. The molecule has 0 unspecified atom stereocenters. The third-order valence-electron chi connectivity index (χ3n) is 4.92. The molecule has 1 atom stereocenters. The van der Waals surface area contributed by atoms with Crippen LogP contribution in [0.2, 0.25) is 0 Å². The number of aryl methyl sites for hydroxylation is 1. The van der Waals surface area contributed by atoms with Gasteiger partial charge in [-0.05, 0) is 56.2 Å². The lowest BCUT2D eigenvalue weighted by Gasteiger charge is -2.16. The lowest BCUT2D eigenvalue weighted by molar-refractivity contribution is -0.385. The van der Waals surface area contributed by atoms with E-state index >= 15 is 0 Å². The maximum atomic E-state index is 12.7. The second-order valence-electron chi connectivity index (χ2n) is 6.93. The Hall–Kier alpha value is -3.55. The highest BCUT2D eigenvalue weighted by Gasteiger charge is 2.26. The first-order chi connectivity index (χ1) is 13.7. The molecule has 1 aliphatic rings. The van der Waals surface area contributed by atoms with Gasteiger partial charge >= 0.3 is 5.97 Å². The van der Waals surface area contributed by atoms with Gasteiger partial charge in [0.1, 0.15) is 0 Å². The molecule has 8 heteroatoms. The molecule has 1 heterocycles. The van der Waals surface area contributed by atoms with Gasteiger partial charge in [0.2, 0.25) is 11.7 Å². The molecule has 1 aliphatic heterocycles. The number of Topliss-reactive ketones (excluding diaryl/α,β-unsaturated/α-hetero) is 1. The zero-order chi connectivity index (χ0) is 21.3. The minimum Gasteiger partial charge on any atom is -0.451 e. The zero-order valence-electron chi connectivity index (χ0n) is 16.3. The van der Waals surface area contributed by atoms with Crippen molar-refractivity contribution in [3.63, 3.8) is 0 Å². The van der Waals surface area contributed by atoms with Crippen LogP contribution < -0.4 is 4.90 Å². The summed E-state index contributed by atoms with van der Waals surface area (Å²) in [5.41, 5.74) is 2.46. The van der Waals surface area contributed by atoms with Crippen LogP contribution in [0.15, 0.2) is 36.4 Å². The Balaban J connectivity index is 1.73. The quantitative estimate of drug-likeness (QED) is 0.332. The van der Waals surface area contributed by atoms with Crippen molar-refractivity contribution >= 4 is 29.0 Å². The van der Waals surface area contributed by atoms with Crippen molar-refractivity contribution in [3.8, 4) is 0 Å². The number of esters is 1. The third kappa shape index (κ3) is 4.01. The highest BCUT2D eigenvalue weighted by atomic mass is 16.6. The predicted molar refractivity (Wildman–Crippen MR) is 105 cm³/mol. The number of amides is 1. The molecular formula is C21H20N2O6. The van der Waals surface area contributed by atoms with Crippen molar-refractivity contribution in [1.29, 1.82) is 0 Å². The molecule has 0 bridgehead atoms. The number of rotatable bonds is 5. The molecule has 0 saturated carbocycles. The van der Waals surface area contributed by atoms with Gasteiger partial charge in [0.15, 0.2) is 6.10 Å². The Morgan fingerprint density at radius 3 is 2.45 bits per heavy atom. The summed E-state index contributed by atoms with van der Waals surface area (Å²) in [4.78, 5) is 48.7. The average Bonchev–Trinajstić information content (AvgIpc) is 3.10. The summed E-state index contributed by atoms with van der Waals surface area (Å²) in [6.07, 6.45) is -0.368. The summed E-state index contributed by atoms with van der Waals surface area (Å²) >= 11 is 0. The summed E-state index contributed by atoms with van der Waals surface area (Å²) in [6, 6.07) is 8.97. The second-order valence-corrected chi connectivity index (χ2v) is 6.93. The molecule has 29 heavy (non-hydrogen) atoms. The van der Waals surface area contributed by atoms with Gasteiger partial charge in [-0.25, -0.2) is 4.79 Å². The van der Waals surface area contributed by atoms with Crippen molar-refractivity contribution in [2.45, 2.75) is 33.3 Å². The minimum absolute atomic E-state index is 0.0523. The molecule has 2 aromatic rings. The fraction of sp³-hybridized carbons (Fsp3) is 0.286. The van der Waals surface area contributed by atoms with Crippen molar-refractivity contribution in [2.24, 2.45) is 0 Å². The van der Waals surface area contributed by atoms with Crippen LogP contribution in [0.1, 0.15) is 45.7 Å². The number of anilines is 1. The van der Waals surface area contributed by atoms with E-state index in [1.54, 1.807) is 23.1 Å². The number of nitro benzene ring substituents is 1. The van der Waals surface area contributed by atoms with Crippen LogP contribution in [-0.4, -0.2) is 35.2 Å². The van der Waals surface area contributed by atoms with Gasteiger partial charge in [-0.1, -0.05) is 0 Å². The van der Waals surface area contributed by atoms with E-state index in [1.165, 1.54) is 39.0 Å². The van der Waals surface area contributed by atoms with Crippen LogP contribution >= 0.6 is 0 Å². The molecule has 0 fully saturated rings. The largest absolute Gasteiger partial charge is 0.451 e. The Morgan fingerprint density at radius 2 is 1.83 bits per heavy atom. The first kappa shape index (κ1) is 20.2. The number of ketones is 1. The number of benzene rings is 2. The number of carbonyl (C=O) groups is 3. The van der Waals surface area contributed by atoms with Gasteiger partial charge in [0.25, 0.3) is 5.69 Å². The molecule has 0 N–H and O–H groups in total. The van der Waals surface area contributed by atoms with Crippen LogP contribution in [0.3, 0.4) is 0 Å². The van der Waals surface area contributed by atoms with E-state index in [4.69, 9.17) is 4.74 Å². The van der Waals surface area contributed by atoms with E-state index in [0.29, 0.717) is 24.1 Å². The monoisotopic (exact) mass is 396 g/mol. The smallest absolute Gasteiger partial charge is 0.338 e. The van der Waals surface area contributed by atoms with Crippen molar-refractivity contribution in [1.82, 2.24) is 0 Å². The summed E-state index contributed by atoms with van der Waals surface area (Å²) < 4.78 is 5.26. The van der Waals surface area contributed by atoms with E-state index in [1.807, 2.05) is 0 Å². The van der Waals surface area contributed by atoms with Crippen molar-refractivity contribution in [2.75, 3.05) is 11.4 Å². The van der Waals surface area contributed by atoms with E-state index in [9.17, 15) is 24.5 Å². The number of hydrogen-bond donors (Lipinski definition) is 0. The normalized spacial score (nSPS) is 13.6. The Labute approximate surface area is 167 Å². The molecule has 0 spiro atoms. The number of nitrogens with zero attached hydrogens (tertiary/aromatic N) is 2. The molecule has 0 radical (unpaired) electrons. The molecule has 3 rings (SSSR count). The maximum absolute atomic E-state index is 12.7. The first-order valence-electron chi connectivity index (χ1n) is 9.10. The SMILES string of the molecule is CC(=O)N1CCc2cc(C(=O)[C@@H](C)OC(=O)c3ccc([N+](=O)[O-])c(C)c3)ccc21. The summed E-state index contributed by atoms with van der Waals surface area (Å²) in [7, 11) is 0. The standard InChI is InChI=1S/C21H20N2O6/c1-12-10-17(5-6-18(12)23(27)28)21(26)29-13(2)20(25)16-4-7-19-15(11-16)8-9-22(19)14(3)24/h4-7,10-11,13H,8-9H2,1-3H3/t13-/m1/s1. The number of hydrogen-bond acceptors (Lipinski definition) is 6. The average molecular weight is 396 g/mol. The third-order valence-corrected chi connectivity index (χ3v) is 4.92. The summed E-state index contributed by atoms with van der Waals surface area (Å²) in [5, 5.41) is 10.9. The second kappa shape index (κ2) is 7.83. The zero-order valence-corrected chi connectivity index (χ0v) is 16.3. The first-order valence-corrected chi connectivity index (χ1v) is 9.10. The van der Waals surface area contributed by atoms with Crippen molar-refractivity contribution in [3.05, 3.63) is 68.8 Å². The van der Waals surface area contributed by atoms with Crippen LogP contribution in [0.25, 0.3) is 0 Å². The Morgan fingerprint density at radius 1 is 1.14 bits per heavy atom. The lowest BCUT2D eigenvalue weighted by atomic mass is 10.0. The van der Waals surface area contributed by atoms with E-state index in [-0.39, 0.29) is 22.9 Å². The van der Waals surface area contributed by atoms with Gasteiger partial charge in [-0.3, -0.25) is 19.7 Å². The minimum atomic E-state index is -1.03. The molecule has 150 valence electrons. The number of nitro groups is 1. The van der Waals surface area contributed by atoms with E-state index < -0.39 is 17.0 Å². The van der Waals surface area contributed by atoms with Gasteiger partial charge in [-0.15, -0.1) is 0 Å². The van der Waals surface area contributed by atoms with Crippen LogP contribution in [-0.2, 0) is 16.0 Å². The van der Waals surface area contributed by atoms with Crippen LogP contribution in [0, 0.1) is 17.0 Å².